The van der Waals surface area contributed by atoms with Crippen LogP contribution < -0.4 is 30.0 Å². The number of fused-ring (bicyclic) bond motifs is 3. The molecule has 220 valence electrons. The van der Waals surface area contributed by atoms with E-state index in [0.29, 0.717) is 76.1 Å². The van der Waals surface area contributed by atoms with Crippen LogP contribution in [-0.2, 0) is 12.8 Å². The van der Waals surface area contributed by atoms with Gasteiger partial charge in [0, 0.05) is 34.9 Å². The Hall–Kier alpha value is -4.86. The van der Waals surface area contributed by atoms with Gasteiger partial charge in [0.15, 0.2) is 16.9 Å². The van der Waals surface area contributed by atoms with Gasteiger partial charge in [0.05, 0.1) is 44.5 Å². The molecule has 2 heterocycles. The fourth-order valence-corrected chi connectivity index (χ4v) is 6.02. The van der Waals surface area contributed by atoms with Gasteiger partial charge in [-0.25, -0.2) is 0 Å². The smallest absolute Gasteiger partial charge is 0.257 e. The second-order valence-corrected chi connectivity index (χ2v) is 10.7. The van der Waals surface area contributed by atoms with Crippen LogP contribution in [0.5, 0.6) is 17.2 Å². The van der Waals surface area contributed by atoms with E-state index in [2.05, 4.69) is 10.3 Å². The van der Waals surface area contributed by atoms with Crippen LogP contribution in [0.25, 0.3) is 21.8 Å². The Balaban J connectivity index is 1.19. The molecule has 0 aliphatic carbocycles. The zero-order valence-corrected chi connectivity index (χ0v) is 24.3. The molecule has 6 rings (SSSR count). The van der Waals surface area contributed by atoms with Gasteiger partial charge in [0.2, 0.25) is 0 Å². The minimum atomic E-state index is -0.336. The largest absolute Gasteiger partial charge is 0.634 e. The summed E-state index contributed by atoms with van der Waals surface area (Å²) in [6.07, 6.45) is 2.08. The van der Waals surface area contributed by atoms with Crippen molar-refractivity contribution in [2.24, 2.45) is 0 Å². The summed E-state index contributed by atoms with van der Waals surface area (Å²) in [5.41, 5.74) is 5.01. The highest BCUT2D eigenvalue weighted by Crippen LogP contribution is 2.35. The van der Waals surface area contributed by atoms with E-state index in [4.69, 9.17) is 14.2 Å². The number of aromatic amines is 1. The van der Waals surface area contributed by atoms with Crippen molar-refractivity contribution in [3.05, 3.63) is 110 Å². The topological polar surface area (TPSA) is 117 Å². The lowest BCUT2D eigenvalue weighted by molar-refractivity contribution is -0.885. The summed E-state index contributed by atoms with van der Waals surface area (Å²) in [4.78, 5) is 29.8. The molecule has 4 aromatic carbocycles. The number of methoxy groups -OCH3 is 3. The maximum atomic E-state index is 13.4. The maximum Gasteiger partial charge on any atom is 0.257 e. The van der Waals surface area contributed by atoms with Crippen LogP contribution >= 0.6 is 0 Å². The minimum Gasteiger partial charge on any atom is -0.634 e. The summed E-state index contributed by atoms with van der Waals surface area (Å²) < 4.78 is 16.4. The van der Waals surface area contributed by atoms with Gasteiger partial charge in [0.1, 0.15) is 11.8 Å². The Labute approximate surface area is 248 Å². The van der Waals surface area contributed by atoms with Crippen LogP contribution in [0.15, 0.2) is 77.6 Å². The Morgan fingerprint density at radius 2 is 1.58 bits per heavy atom. The number of carbonyl (C=O) groups is 1. The van der Waals surface area contributed by atoms with Crippen LogP contribution in [0, 0.1) is 5.21 Å². The molecular formula is C34H33N3O6. The molecule has 1 aliphatic heterocycles. The van der Waals surface area contributed by atoms with Gasteiger partial charge in [-0.15, -0.1) is 0 Å². The average molecular weight is 580 g/mol. The number of para-hydroxylation sites is 2. The molecule has 1 aromatic heterocycles. The summed E-state index contributed by atoms with van der Waals surface area (Å²) in [6.45, 7) is 0.514. The van der Waals surface area contributed by atoms with E-state index < -0.39 is 0 Å². The fourth-order valence-electron chi connectivity index (χ4n) is 6.02. The van der Waals surface area contributed by atoms with E-state index in [1.54, 1.807) is 57.7 Å². The Bertz CT molecular complexity index is 1880. The molecule has 0 spiro atoms. The third-order valence-corrected chi connectivity index (χ3v) is 8.28. The van der Waals surface area contributed by atoms with Crippen molar-refractivity contribution in [2.75, 3.05) is 33.2 Å². The second-order valence-electron chi connectivity index (χ2n) is 10.7. The molecule has 2 atom stereocenters. The van der Waals surface area contributed by atoms with Crippen molar-refractivity contribution in [2.45, 2.75) is 25.3 Å². The summed E-state index contributed by atoms with van der Waals surface area (Å²) in [6, 6.07) is 21.7. The molecule has 0 saturated heterocycles. The number of aromatic nitrogens is 1. The van der Waals surface area contributed by atoms with Crippen LogP contribution in [0.3, 0.4) is 0 Å². The first-order valence-electron chi connectivity index (χ1n) is 14.2. The van der Waals surface area contributed by atoms with Crippen molar-refractivity contribution in [1.29, 1.82) is 0 Å². The van der Waals surface area contributed by atoms with E-state index in [0.717, 1.165) is 16.7 Å². The van der Waals surface area contributed by atoms with Crippen molar-refractivity contribution in [3.63, 3.8) is 0 Å². The zero-order chi connectivity index (χ0) is 30.1. The monoisotopic (exact) mass is 579 g/mol. The molecule has 2 unspecified atom stereocenters. The third kappa shape index (κ3) is 5.29. The fraction of sp³-hybridized carbons (Fsp3) is 0.235. The Morgan fingerprint density at radius 3 is 2.30 bits per heavy atom. The Kier molecular flexibility index (Phi) is 7.75. The van der Waals surface area contributed by atoms with Crippen molar-refractivity contribution < 1.29 is 24.1 Å². The van der Waals surface area contributed by atoms with Gasteiger partial charge < -0.3 is 34.8 Å². The number of benzene rings is 4. The quantitative estimate of drug-likeness (QED) is 0.183. The van der Waals surface area contributed by atoms with Gasteiger partial charge in [-0.05, 0) is 66.1 Å². The van der Waals surface area contributed by atoms with E-state index >= 15 is 0 Å². The average Bonchev–Trinajstić information content (AvgIpc) is 3.04. The lowest BCUT2D eigenvalue weighted by Crippen LogP contribution is -3.08. The minimum absolute atomic E-state index is 0.168. The highest BCUT2D eigenvalue weighted by Gasteiger charge is 2.28. The molecule has 5 aromatic rings. The standard InChI is InChI=1S/C34H33N3O6/c1-41-28-9-5-7-24-32(28)36-31-23(33(24)38)6-4-8-25(31)34(39)35-22-13-10-20(11-14-22)12-15-27-26-19-30(43-3)29(42-2)18-21(26)16-17-37(27)40/h4-11,13-14,18-19,27,37H,12,15-17H2,1-3H3,(H,35,39)(H,36,38). The summed E-state index contributed by atoms with van der Waals surface area (Å²) >= 11 is 0. The maximum absolute atomic E-state index is 13.4. The number of rotatable bonds is 8. The van der Waals surface area contributed by atoms with E-state index in [-0.39, 0.29) is 22.4 Å². The summed E-state index contributed by atoms with van der Waals surface area (Å²) in [5.74, 6) is 1.50. The number of hydroxylamine groups is 2. The molecule has 0 fully saturated rings. The molecule has 0 saturated carbocycles. The summed E-state index contributed by atoms with van der Waals surface area (Å²) in [5, 5.41) is 17.0. The molecule has 0 radical (unpaired) electrons. The van der Waals surface area contributed by atoms with Crippen molar-refractivity contribution >= 4 is 33.4 Å². The normalized spacial score (nSPS) is 16.1. The number of nitrogens with one attached hydrogen (secondary N) is 3. The van der Waals surface area contributed by atoms with Gasteiger partial charge >= 0.3 is 0 Å². The van der Waals surface area contributed by atoms with E-state index in [1.807, 2.05) is 36.4 Å². The molecule has 43 heavy (non-hydrogen) atoms. The number of amides is 1. The number of aryl methyl sites for hydroxylation is 1. The molecule has 1 amide bonds. The van der Waals surface area contributed by atoms with Gasteiger partial charge in [-0.2, -0.15) is 0 Å². The van der Waals surface area contributed by atoms with Gasteiger partial charge in [-0.3, -0.25) is 9.59 Å². The van der Waals surface area contributed by atoms with Crippen molar-refractivity contribution in [1.82, 2.24) is 4.98 Å². The number of pyridine rings is 1. The van der Waals surface area contributed by atoms with Crippen LogP contribution in [-0.4, -0.2) is 38.8 Å². The van der Waals surface area contributed by atoms with Gasteiger partial charge in [0.25, 0.3) is 5.91 Å². The van der Waals surface area contributed by atoms with Crippen LogP contribution in [0.4, 0.5) is 5.69 Å². The number of quaternary nitrogens is 1. The predicted octanol–water partition coefficient (Wildman–Crippen LogP) is 4.57. The second kappa shape index (κ2) is 11.8. The van der Waals surface area contributed by atoms with E-state index in [1.165, 1.54) is 0 Å². The third-order valence-electron chi connectivity index (χ3n) is 8.28. The first-order chi connectivity index (χ1) is 20.9. The van der Waals surface area contributed by atoms with Gasteiger partial charge in [-0.1, -0.05) is 24.3 Å². The molecule has 3 N–H and O–H groups in total. The van der Waals surface area contributed by atoms with Crippen LogP contribution in [0.1, 0.15) is 39.5 Å². The first kappa shape index (κ1) is 28.3. The van der Waals surface area contributed by atoms with E-state index in [9.17, 15) is 14.8 Å². The van der Waals surface area contributed by atoms with Crippen molar-refractivity contribution in [3.8, 4) is 17.2 Å². The lowest BCUT2D eigenvalue weighted by Gasteiger charge is -2.37. The molecular weight excluding hydrogens is 546 g/mol. The SMILES string of the molecule is COc1cc2c(cc1OC)C(CCc1ccc(NC(=O)c3cccc4c(=O)c5cccc(OC)c5[nH]c34)cc1)[NH+]([O-])CC2. The number of ether oxygens (including phenoxy) is 3. The number of anilines is 1. The number of hydrogen-bond donors (Lipinski definition) is 3. The number of hydrogen-bond acceptors (Lipinski definition) is 6. The Morgan fingerprint density at radius 1 is 0.907 bits per heavy atom. The predicted molar refractivity (Wildman–Crippen MR) is 167 cm³/mol. The molecule has 9 heteroatoms. The summed E-state index contributed by atoms with van der Waals surface area (Å²) in [7, 11) is 4.76. The molecule has 1 aliphatic rings. The zero-order valence-electron chi connectivity index (χ0n) is 24.3. The molecule has 0 bridgehead atoms. The highest BCUT2D eigenvalue weighted by atomic mass is 16.5. The lowest BCUT2D eigenvalue weighted by atomic mass is 9.89. The highest BCUT2D eigenvalue weighted by molar-refractivity contribution is 6.13. The molecule has 9 nitrogen and oxygen atoms in total. The first-order valence-corrected chi connectivity index (χ1v) is 14.2. The number of H-pyrrole nitrogens is 1. The van der Waals surface area contributed by atoms with Crippen LogP contribution in [0.2, 0.25) is 0 Å². The number of carbonyl (C=O) groups excluding carboxylic acids is 1.